The lowest BCUT2D eigenvalue weighted by molar-refractivity contribution is -0.113. The second kappa shape index (κ2) is 10.8. The third-order valence-corrected chi connectivity index (χ3v) is 5.66. The van der Waals surface area contributed by atoms with E-state index in [2.05, 4.69) is 21.6 Å². The van der Waals surface area contributed by atoms with Gasteiger partial charge in [0.2, 0.25) is 5.91 Å². The SMILES string of the molecule is CCn1c(COc2ccc(C)cc2C)nnc1SCC(=O)Nc1cccc(C(=O)OC)c1. The first-order chi connectivity index (χ1) is 15.4. The van der Waals surface area contributed by atoms with Crippen molar-refractivity contribution in [3.8, 4) is 5.75 Å². The third kappa shape index (κ3) is 5.88. The first kappa shape index (κ1) is 23.3. The van der Waals surface area contributed by atoms with Gasteiger partial charge in [-0.15, -0.1) is 10.2 Å². The molecule has 0 atom stereocenters. The van der Waals surface area contributed by atoms with E-state index in [9.17, 15) is 9.59 Å². The molecule has 0 aliphatic heterocycles. The number of carbonyl (C=O) groups excluding carboxylic acids is 2. The molecule has 8 nitrogen and oxygen atoms in total. The molecule has 0 fully saturated rings. The normalized spacial score (nSPS) is 10.6. The molecule has 0 aliphatic rings. The fraction of sp³-hybridized carbons (Fsp3) is 0.304. The minimum atomic E-state index is -0.456. The molecule has 1 aromatic heterocycles. The zero-order valence-electron chi connectivity index (χ0n) is 18.5. The number of nitrogens with one attached hydrogen (secondary N) is 1. The smallest absolute Gasteiger partial charge is 0.337 e. The molecular formula is C23H26N4O4S. The Morgan fingerprint density at radius 3 is 2.66 bits per heavy atom. The second-order valence-corrected chi connectivity index (χ2v) is 8.05. The number of amides is 1. The molecule has 2 aromatic carbocycles. The fourth-order valence-corrected chi connectivity index (χ4v) is 3.94. The third-order valence-electron chi connectivity index (χ3n) is 4.70. The maximum Gasteiger partial charge on any atom is 0.337 e. The summed E-state index contributed by atoms with van der Waals surface area (Å²) in [6.07, 6.45) is 0. The van der Waals surface area contributed by atoms with Crippen molar-refractivity contribution in [1.82, 2.24) is 14.8 Å². The van der Waals surface area contributed by atoms with Gasteiger partial charge >= 0.3 is 5.97 Å². The molecule has 0 saturated carbocycles. The quantitative estimate of drug-likeness (QED) is 0.385. The van der Waals surface area contributed by atoms with E-state index in [0.29, 0.717) is 28.8 Å². The van der Waals surface area contributed by atoms with Crippen LogP contribution in [0.5, 0.6) is 5.75 Å². The van der Waals surface area contributed by atoms with Gasteiger partial charge in [0, 0.05) is 12.2 Å². The maximum absolute atomic E-state index is 12.4. The van der Waals surface area contributed by atoms with Crippen LogP contribution in [-0.4, -0.2) is 39.5 Å². The lowest BCUT2D eigenvalue weighted by Crippen LogP contribution is -2.15. The molecule has 3 aromatic rings. The monoisotopic (exact) mass is 454 g/mol. The summed E-state index contributed by atoms with van der Waals surface area (Å²) in [5.41, 5.74) is 3.14. The first-order valence-corrected chi connectivity index (χ1v) is 11.1. The Balaban J connectivity index is 1.59. The Hall–Kier alpha value is -3.33. The number of aryl methyl sites for hydroxylation is 2. The van der Waals surface area contributed by atoms with Crippen molar-refractivity contribution in [3.05, 3.63) is 65.0 Å². The van der Waals surface area contributed by atoms with Crippen LogP contribution in [0.4, 0.5) is 5.69 Å². The molecule has 0 unspecified atom stereocenters. The van der Waals surface area contributed by atoms with Crippen LogP contribution in [0, 0.1) is 13.8 Å². The van der Waals surface area contributed by atoms with Crippen molar-refractivity contribution in [2.75, 3.05) is 18.2 Å². The number of esters is 1. The predicted octanol–water partition coefficient (Wildman–Crippen LogP) is 4.01. The van der Waals surface area contributed by atoms with Gasteiger partial charge in [-0.1, -0.05) is 35.5 Å². The van der Waals surface area contributed by atoms with E-state index < -0.39 is 5.97 Å². The maximum atomic E-state index is 12.4. The first-order valence-electron chi connectivity index (χ1n) is 10.1. The lowest BCUT2D eigenvalue weighted by Gasteiger charge is -2.11. The summed E-state index contributed by atoms with van der Waals surface area (Å²) in [6, 6.07) is 12.6. The Kier molecular flexibility index (Phi) is 7.88. The summed E-state index contributed by atoms with van der Waals surface area (Å²) in [5, 5.41) is 11.9. The van der Waals surface area contributed by atoms with E-state index in [1.165, 1.54) is 24.4 Å². The summed E-state index contributed by atoms with van der Waals surface area (Å²) in [5.74, 6) is 0.987. The van der Waals surface area contributed by atoms with Crippen molar-refractivity contribution in [3.63, 3.8) is 0 Å². The van der Waals surface area contributed by atoms with Crippen LogP contribution in [0.1, 0.15) is 34.2 Å². The highest BCUT2D eigenvalue weighted by atomic mass is 32.2. The van der Waals surface area contributed by atoms with Crippen LogP contribution in [0.25, 0.3) is 0 Å². The summed E-state index contributed by atoms with van der Waals surface area (Å²) in [7, 11) is 1.31. The molecule has 1 heterocycles. The standard InChI is InChI=1S/C23H26N4O4S/c1-5-27-20(13-31-19-10-9-15(2)11-16(19)3)25-26-23(27)32-14-21(28)24-18-8-6-7-17(12-18)22(29)30-4/h6-12H,5,13-14H2,1-4H3,(H,24,28). The van der Waals surface area contributed by atoms with Crippen molar-refractivity contribution in [1.29, 1.82) is 0 Å². The van der Waals surface area contributed by atoms with Crippen molar-refractivity contribution in [2.45, 2.75) is 39.1 Å². The van der Waals surface area contributed by atoms with Gasteiger partial charge in [0.05, 0.1) is 18.4 Å². The van der Waals surface area contributed by atoms with Crippen LogP contribution >= 0.6 is 11.8 Å². The molecule has 9 heteroatoms. The Bertz CT molecular complexity index is 1110. The summed E-state index contributed by atoms with van der Waals surface area (Å²) in [6.45, 7) is 6.99. The number of nitrogens with zero attached hydrogens (tertiary/aromatic N) is 3. The van der Waals surface area contributed by atoms with Gasteiger partial charge in [-0.2, -0.15) is 0 Å². The highest BCUT2D eigenvalue weighted by Gasteiger charge is 2.15. The number of rotatable bonds is 9. The minimum absolute atomic E-state index is 0.151. The molecule has 0 bridgehead atoms. The molecule has 0 spiro atoms. The Labute approximate surface area is 191 Å². The average molecular weight is 455 g/mol. The van der Waals surface area contributed by atoms with Gasteiger partial charge < -0.3 is 19.4 Å². The largest absolute Gasteiger partial charge is 0.485 e. The van der Waals surface area contributed by atoms with Crippen molar-refractivity contribution >= 4 is 29.3 Å². The zero-order chi connectivity index (χ0) is 23.1. The lowest BCUT2D eigenvalue weighted by atomic mass is 10.1. The van der Waals surface area contributed by atoms with E-state index in [-0.39, 0.29) is 18.3 Å². The van der Waals surface area contributed by atoms with Gasteiger partial charge in [-0.05, 0) is 50.6 Å². The van der Waals surface area contributed by atoms with Gasteiger partial charge in [-0.3, -0.25) is 4.79 Å². The van der Waals surface area contributed by atoms with Crippen LogP contribution in [-0.2, 0) is 22.7 Å². The van der Waals surface area contributed by atoms with Crippen molar-refractivity contribution < 1.29 is 19.1 Å². The molecule has 0 radical (unpaired) electrons. The van der Waals surface area contributed by atoms with Gasteiger partial charge in [0.25, 0.3) is 0 Å². The number of hydrogen-bond donors (Lipinski definition) is 1. The highest BCUT2D eigenvalue weighted by molar-refractivity contribution is 7.99. The molecule has 168 valence electrons. The van der Waals surface area contributed by atoms with Crippen molar-refractivity contribution in [2.24, 2.45) is 0 Å². The molecule has 1 amide bonds. The molecular weight excluding hydrogens is 428 g/mol. The second-order valence-electron chi connectivity index (χ2n) is 7.11. The highest BCUT2D eigenvalue weighted by Crippen LogP contribution is 2.22. The average Bonchev–Trinajstić information content (AvgIpc) is 3.18. The summed E-state index contributed by atoms with van der Waals surface area (Å²) in [4.78, 5) is 24.0. The molecule has 1 N–H and O–H groups in total. The molecule has 3 rings (SSSR count). The topological polar surface area (TPSA) is 95.3 Å². The number of ether oxygens (including phenoxy) is 2. The summed E-state index contributed by atoms with van der Waals surface area (Å²) >= 11 is 1.29. The number of hydrogen-bond acceptors (Lipinski definition) is 7. The van der Waals surface area contributed by atoms with E-state index in [4.69, 9.17) is 9.47 Å². The van der Waals surface area contributed by atoms with Crippen LogP contribution in [0.15, 0.2) is 47.6 Å². The fourth-order valence-electron chi connectivity index (χ4n) is 3.12. The van der Waals surface area contributed by atoms with E-state index >= 15 is 0 Å². The van der Waals surface area contributed by atoms with Crippen LogP contribution in [0.2, 0.25) is 0 Å². The number of carbonyl (C=O) groups is 2. The number of benzene rings is 2. The number of anilines is 1. The van der Waals surface area contributed by atoms with Gasteiger partial charge in [-0.25, -0.2) is 4.79 Å². The van der Waals surface area contributed by atoms with E-state index in [1.807, 2.05) is 37.5 Å². The predicted molar refractivity (Wildman–Crippen MR) is 123 cm³/mol. The van der Waals surface area contributed by atoms with Gasteiger partial charge in [0.15, 0.2) is 11.0 Å². The summed E-state index contributed by atoms with van der Waals surface area (Å²) < 4.78 is 12.6. The number of aromatic nitrogens is 3. The molecule has 32 heavy (non-hydrogen) atoms. The number of thioether (sulfide) groups is 1. The zero-order valence-corrected chi connectivity index (χ0v) is 19.4. The number of methoxy groups -OCH3 is 1. The van der Waals surface area contributed by atoms with Gasteiger partial charge in [0.1, 0.15) is 12.4 Å². The Morgan fingerprint density at radius 1 is 1.12 bits per heavy atom. The Morgan fingerprint density at radius 2 is 1.94 bits per heavy atom. The minimum Gasteiger partial charge on any atom is -0.485 e. The van der Waals surface area contributed by atoms with E-state index in [1.54, 1.807) is 24.3 Å². The molecule has 0 aliphatic carbocycles. The van der Waals surface area contributed by atoms with Crippen LogP contribution in [0.3, 0.4) is 0 Å². The van der Waals surface area contributed by atoms with E-state index in [0.717, 1.165) is 11.3 Å². The molecule has 0 saturated heterocycles. The van der Waals surface area contributed by atoms with Crippen LogP contribution < -0.4 is 10.1 Å².